The number of hydrogen-bond acceptors (Lipinski definition) is 3. The molecule has 88 valence electrons. The van der Waals surface area contributed by atoms with E-state index < -0.39 is 6.61 Å². The molecule has 0 saturated carbocycles. The maximum absolute atomic E-state index is 12.1. The SMILES string of the molecule is O=C(CBr)Cc1cc(S)ccc1OC(F)F. The maximum atomic E-state index is 12.1. The van der Waals surface area contributed by atoms with E-state index in [1.165, 1.54) is 12.1 Å². The third-order valence-corrected chi connectivity index (χ3v) is 2.70. The van der Waals surface area contributed by atoms with Crippen LogP contribution in [0.25, 0.3) is 0 Å². The van der Waals surface area contributed by atoms with Gasteiger partial charge in [0, 0.05) is 16.9 Å². The summed E-state index contributed by atoms with van der Waals surface area (Å²) in [6.45, 7) is -2.90. The summed E-state index contributed by atoms with van der Waals surface area (Å²) < 4.78 is 28.5. The molecule has 0 atom stereocenters. The minimum absolute atomic E-state index is 0.0158. The Kier molecular flexibility index (Phi) is 5.21. The highest BCUT2D eigenvalue weighted by Gasteiger charge is 2.12. The van der Waals surface area contributed by atoms with Crippen molar-refractivity contribution in [1.82, 2.24) is 0 Å². The van der Waals surface area contributed by atoms with Crippen molar-refractivity contribution in [3.63, 3.8) is 0 Å². The Labute approximate surface area is 106 Å². The van der Waals surface area contributed by atoms with Crippen molar-refractivity contribution in [3.8, 4) is 5.75 Å². The molecular formula is C10H9BrF2O2S. The molecule has 0 spiro atoms. The number of rotatable bonds is 5. The van der Waals surface area contributed by atoms with Gasteiger partial charge in [0.05, 0.1) is 5.33 Å². The highest BCUT2D eigenvalue weighted by Crippen LogP contribution is 2.24. The molecule has 16 heavy (non-hydrogen) atoms. The highest BCUT2D eigenvalue weighted by molar-refractivity contribution is 9.09. The molecule has 1 aromatic rings. The number of carbonyl (C=O) groups is 1. The Morgan fingerprint density at radius 3 is 2.75 bits per heavy atom. The third-order valence-electron chi connectivity index (χ3n) is 1.80. The van der Waals surface area contributed by atoms with Crippen LogP contribution in [-0.2, 0) is 11.2 Å². The van der Waals surface area contributed by atoms with E-state index in [1.54, 1.807) is 6.07 Å². The van der Waals surface area contributed by atoms with Crippen LogP contribution >= 0.6 is 28.6 Å². The van der Waals surface area contributed by atoms with Gasteiger partial charge in [0.2, 0.25) is 0 Å². The Morgan fingerprint density at radius 2 is 2.19 bits per heavy atom. The van der Waals surface area contributed by atoms with Crippen LogP contribution in [0, 0.1) is 0 Å². The molecule has 0 radical (unpaired) electrons. The quantitative estimate of drug-likeness (QED) is 0.668. The number of ketones is 1. The molecule has 0 aliphatic carbocycles. The number of thiol groups is 1. The summed E-state index contributed by atoms with van der Waals surface area (Å²) in [5.41, 5.74) is 0.414. The molecule has 0 bridgehead atoms. The Bertz CT molecular complexity index is 385. The average Bonchev–Trinajstić information content (AvgIpc) is 2.21. The smallest absolute Gasteiger partial charge is 0.387 e. The molecule has 0 unspecified atom stereocenters. The fourth-order valence-electron chi connectivity index (χ4n) is 1.17. The summed E-state index contributed by atoms with van der Waals surface area (Å²) in [7, 11) is 0. The summed E-state index contributed by atoms with van der Waals surface area (Å²) in [6, 6.07) is 4.45. The van der Waals surface area contributed by atoms with Crippen LogP contribution in [0.3, 0.4) is 0 Å². The standard InChI is InChI=1S/C10H9BrF2O2S/c11-5-7(14)3-6-4-8(16)1-2-9(6)15-10(12)13/h1-2,4,10,16H,3,5H2. The van der Waals surface area contributed by atoms with Crippen molar-refractivity contribution in [1.29, 1.82) is 0 Å². The first-order valence-electron chi connectivity index (χ1n) is 4.37. The van der Waals surface area contributed by atoms with Crippen molar-refractivity contribution in [2.45, 2.75) is 17.9 Å². The van der Waals surface area contributed by atoms with E-state index in [0.29, 0.717) is 10.5 Å². The molecule has 0 amide bonds. The predicted molar refractivity (Wildman–Crippen MR) is 62.8 cm³/mol. The lowest BCUT2D eigenvalue weighted by molar-refractivity contribution is -0.116. The minimum atomic E-state index is -2.90. The second-order valence-corrected chi connectivity index (χ2v) is 4.10. The monoisotopic (exact) mass is 310 g/mol. The molecule has 0 N–H and O–H groups in total. The lowest BCUT2D eigenvalue weighted by Crippen LogP contribution is -2.08. The van der Waals surface area contributed by atoms with E-state index in [0.717, 1.165) is 0 Å². The van der Waals surface area contributed by atoms with Crippen LogP contribution in [0.5, 0.6) is 5.75 Å². The van der Waals surface area contributed by atoms with Crippen molar-refractivity contribution in [2.24, 2.45) is 0 Å². The van der Waals surface area contributed by atoms with Gasteiger partial charge in [0.1, 0.15) is 11.5 Å². The van der Waals surface area contributed by atoms with Crippen molar-refractivity contribution in [2.75, 3.05) is 5.33 Å². The Morgan fingerprint density at radius 1 is 1.50 bits per heavy atom. The lowest BCUT2D eigenvalue weighted by Gasteiger charge is -2.10. The number of Topliss-reactive ketones (excluding diaryl/α,β-unsaturated/α-hetero) is 1. The molecule has 6 heteroatoms. The molecule has 0 aliphatic heterocycles. The minimum Gasteiger partial charge on any atom is -0.435 e. The lowest BCUT2D eigenvalue weighted by atomic mass is 10.1. The molecule has 1 aromatic carbocycles. The van der Waals surface area contributed by atoms with Crippen LogP contribution < -0.4 is 4.74 Å². The van der Waals surface area contributed by atoms with E-state index in [9.17, 15) is 13.6 Å². The zero-order valence-electron chi connectivity index (χ0n) is 8.12. The van der Waals surface area contributed by atoms with Gasteiger partial charge >= 0.3 is 6.61 Å². The molecule has 0 aromatic heterocycles. The van der Waals surface area contributed by atoms with Crippen LogP contribution in [0.4, 0.5) is 8.78 Å². The van der Waals surface area contributed by atoms with Gasteiger partial charge in [-0.2, -0.15) is 8.78 Å². The first-order chi connectivity index (χ1) is 7.52. The van der Waals surface area contributed by atoms with Gasteiger partial charge in [-0.1, -0.05) is 15.9 Å². The normalized spacial score (nSPS) is 10.6. The zero-order chi connectivity index (χ0) is 12.1. The van der Waals surface area contributed by atoms with E-state index >= 15 is 0 Å². The predicted octanol–water partition coefficient (Wildman–Crippen LogP) is 3.08. The number of ether oxygens (including phenoxy) is 1. The number of alkyl halides is 3. The topological polar surface area (TPSA) is 26.3 Å². The third kappa shape index (κ3) is 4.09. The molecule has 0 saturated heterocycles. The second-order valence-electron chi connectivity index (χ2n) is 3.02. The molecule has 1 rings (SSSR count). The summed E-state index contributed by atoms with van der Waals surface area (Å²) in [6.07, 6.45) is 0.0434. The molecule has 0 aliphatic rings. The second kappa shape index (κ2) is 6.20. The first-order valence-corrected chi connectivity index (χ1v) is 5.94. The van der Waals surface area contributed by atoms with Crippen LogP contribution in [0.1, 0.15) is 5.56 Å². The van der Waals surface area contributed by atoms with Gasteiger partial charge in [-0.25, -0.2) is 0 Å². The summed E-state index contributed by atoms with van der Waals surface area (Å²) in [5, 5.41) is 0.178. The Balaban J connectivity index is 2.93. The van der Waals surface area contributed by atoms with E-state index in [-0.39, 0.29) is 23.3 Å². The molecule has 2 nitrogen and oxygen atoms in total. The summed E-state index contributed by atoms with van der Waals surface area (Å²) in [5.74, 6) is -0.0971. The van der Waals surface area contributed by atoms with Gasteiger partial charge in [0.15, 0.2) is 0 Å². The average molecular weight is 311 g/mol. The fourth-order valence-corrected chi connectivity index (χ4v) is 1.60. The summed E-state index contributed by atoms with van der Waals surface area (Å²) >= 11 is 7.09. The molecule has 0 heterocycles. The Hall–Kier alpha value is -0.620. The van der Waals surface area contributed by atoms with Crippen LogP contribution in [0.2, 0.25) is 0 Å². The van der Waals surface area contributed by atoms with Gasteiger partial charge < -0.3 is 4.74 Å². The van der Waals surface area contributed by atoms with Gasteiger partial charge in [-0.15, -0.1) is 12.6 Å². The number of benzene rings is 1. The largest absolute Gasteiger partial charge is 0.435 e. The molecule has 0 fully saturated rings. The maximum Gasteiger partial charge on any atom is 0.387 e. The number of carbonyl (C=O) groups excluding carboxylic acids is 1. The number of hydrogen-bond donors (Lipinski definition) is 1. The van der Waals surface area contributed by atoms with E-state index in [4.69, 9.17) is 0 Å². The zero-order valence-corrected chi connectivity index (χ0v) is 10.6. The van der Waals surface area contributed by atoms with Crippen molar-refractivity contribution >= 4 is 34.3 Å². The summed E-state index contributed by atoms with van der Waals surface area (Å²) in [4.78, 5) is 11.8. The fraction of sp³-hybridized carbons (Fsp3) is 0.300. The van der Waals surface area contributed by atoms with Gasteiger partial charge in [0.25, 0.3) is 0 Å². The molecular weight excluding hydrogens is 302 g/mol. The van der Waals surface area contributed by atoms with E-state index in [2.05, 4.69) is 33.3 Å². The highest BCUT2D eigenvalue weighted by atomic mass is 79.9. The van der Waals surface area contributed by atoms with Crippen LogP contribution in [-0.4, -0.2) is 17.7 Å². The van der Waals surface area contributed by atoms with E-state index in [1.807, 2.05) is 0 Å². The van der Waals surface area contributed by atoms with Crippen molar-refractivity contribution in [3.05, 3.63) is 23.8 Å². The van der Waals surface area contributed by atoms with Crippen molar-refractivity contribution < 1.29 is 18.3 Å². The van der Waals surface area contributed by atoms with Gasteiger partial charge in [-0.3, -0.25) is 4.79 Å². The first kappa shape index (κ1) is 13.4. The number of halogens is 3. The van der Waals surface area contributed by atoms with Gasteiger partial charge in [-0.05, 0) is 18.2 Å². The van der Waals surface area contributed by atoms with Crippen LogP contribution in [0.15, 0.2) is 23.1 Å².